The van der Waals surface area contributed by atoms with E-state index in [-0.39, 0.29) is 11.9 Å². The Bertz CT molecular complexity index is 679. The molecule has 1 aromatic carbocycles. The molecule has 1 N–H and O–H groups in total. The molecule has 0 radical (unpaired) electrons. The number of aromatic nitrogens is 1. The molecule has 0 saturated carbocycles. The van der Waals surface area contributed by atoms with Gasteiger partial charge in [-0.1, -0.05) is 24.3 Å². The predicted molar refractivity (Wildman–Crippen MR) is 91.2 cm³/mol. The molecule has 0 bridgehead atoms. The second-order valence-electron chi connectivity index (χ2n) is 6.33. The number of pyridine rings is 1. The number of nitrogens with one attached hydrogen (secondary N) is 1. The number of fused-ring (bicyclic) bond motifs is 1. The van der Waals surface area contributed by atoms with E-state index in [1.54, 1.807) is 0 Å². The maximum atomic E-state index is 12.4. The zero-order valence-corrected chi connectivity index (χ0v) is 13.8. The standard InChI is InChI=1S/C19H23N3O/c1-21(2)16-10-12-22(13-11-16)14-19(23)20-18-9-5-7-15-6-3-4-8-17(15)18/h3-4,6,8,10-13,18H,5,7,9,14H2,1-2H3/p+1/t18-/m1/s1. The molecule has 1 aromatic heterocycles. The van der Waals surface area contributed by atoms with Crippen LogP contribution in [-0.4, -0.2) is 20.0 Å². The Morgan fingerprint density at radius 2 is 1.96 bits per heavy atom. The Balaban J connectivity index is 1.64. The number of hydrogen-bond donors (Lipinski definition) is 1. The first-order chi connectivity index (χ1) is 11.1. The summed E-state index contributed by atoms with van der Waals surface area (Å²) in [5.74, 6) is 0.0642. The number of carbonyl (C=O) groups excluding carboxylic acids is 1. The lowest BCUT2D eigenvalue weighted by Crippen LogP contribution is -2.43. The second kappa shape index (κ2) is 6.82. The lowest BCUT2D eigenvalue weighted by atomic mass is 9.88. The minimum Gasteiger partial charge on any atom is -0.377 e. The Hall–Kier alpha value is -2.36. The van der Waals surface area contributed by atoms with Gasteiger partial charge in [-0.25, -0.2) is 0 Å². The molecule has 120 valence electrons. The average molecular weight is 310 g/mol. The van der Waals surface area contributed by atoms with Crippen molar-refractivity contribution < 1.29 is 9.36 Å². The molecule has 0 spiro atoms. The van der Waals surface area contributed by atoms with Gasteiger partial charge in [0, 0.05) is 31.9 Å². The molecule has 0 unspecified atom stereocenters. The van der Waals surface area contributed by atoms with Crippen molar-refractivity contribution in [3.05, 3.63) is 59.9 Å². The van der Waals surface area contributed by atoms with Crippen molar-refractivity contribution in [3.8, 4) is 0 Å². The fourth-order valence-corrected chi connectivity index (χ4v) is 3.16. The number of anilines is 1. The minimum atomic E-state index is 0.0642. The van der Waals surface area contributed by atoms with Crippen LogP contribution in [0, 0.1) is 0 Å². The summed E-state index contributed by atoms with van der Waals surface area (Å²) in [4.78, 5) is 14.4. The molecule has 1 aliphatic carbocycles. The van der Waals surface area contributed by atoms with Crippen molar-refractivity contribution in [2.75, 3.05) is 19.0 Å². The van der Waals surface area contributed by atoms with Crippen LogP contribution in [0.5, 0.6) is 0 Å². The molecule has 0 aliphatic heterocycles. The van der Waals surface area contributed by atoms with Gasteiger partial charge in [-0.15, -0.1) is 0 Å². The van der Waals surface area contributed by atoms with Gasteiger partial charge in [0.05, 0.1) is 6.04 Å². The summed E-state index contributed by atoms with van der Waals surface area (Å²) < 4.78 is 1.91. The maximum Gasteiger partial charge on any atom is 0.286 e. The van der Waals surface area contributed by atoms with Crippen LogP contribution < -0.4 is 14.8 Å². The summed E-state index contributed by atoms with van der Waals surface area (Å²) >= 11 is 0. The largest absolute Gasteiger partial charge is 0.377 e. The highest BCUT2D eigenvalue weighted by molar-refractivity contribution is 5.75. The number of benzene rings is 1. The van der Waals surface area contributed by atoms with E-state index >= 15 is 0 Å². The summed E-state index contributed by atoms with van der Waals surface area (Å²) in [5, 5.41) is 3.19. The fourth-order valence-electron chi connectivity index (χ4n) is 3.16. The molecule has 4 nitrogen and oxygen atoms in total. The summed E-state index contributed by atoms with van der Waals surface area (Å²) in [6.45, 7) is 0.354. The molecule has 0 fully saturated rings. The van der Waals surface area contributed by atoms with Gasteiger partial charge in [-0.2, -0.15) is 4.57 Å². The van der Waals surface area contributed by atoms with E-state index in [2.05, 4.69) is 29.6 Å². The third kappa shape index (κ3) is 3.70. The van der Waals surface area contributed by atoms with E-state index in [4.69, 9.17) is 0 Å². The van der Waals surface area contributed by atoms with Crippen molar-refractivity contribution in [3.63, 3.8) is 0 Å². The van der Waals surface area contributed by atoms with Crippen LogP contribution in [0.3, 0.4) is 0 Å². The van der Waals surface area contributed by atoms with Crippen LogP contribution in [0.2, 0.25) is 0 Å². The Labute approximate surface area is 137 Å². The van der Waals surface area contributed by atoms with Gasteiger partial charge in [-0.3, -0.25) is 4.79 Å². The number of aryl methyl sites for hydroxylation is 1. The predicted octanol–water partition coefficient (Wildman–Crippen LogP) is 2.23. The minimum absolute atomic E-state index is 0.0642. The highest BCUT2D eigenvalue weighted by Crippen LogP contribution is 2.29. The van der Waals surface area contributed by atoms with E-state index in [1.165, 1.54) is 11.1 Å². The van der Waals surface area contributed by atoms with E-state index in [0.717, 1.165) is 24.9 Å². The van der Waals surface area contributed by atoms with Gasteiger partial charge in [-0.05, 0) is 30.4 Å². The van der Waals surface area contributed by atoms with Gasteiger partial charge in [0.25, 0.3) is 5.91 Å². The molecule has 1 heterocycles. The molecule has 1 amide bonds. The lowest BCUT2D eigenvalue weighted by Gasteiger charge is -2.25. The van der Waals surface area contributed by atoms with Crippen molar-refractivity contribution in [2.45, 2.75) is 31.8 Å². The van der Waals surface area contributed by atoms with Gasteiger partial charge >= 0.3 is 0 Å². The molecular weight excluding hydrogens is 286 g/mol. The number of amides is 1. The van der Waals surface area contributed by atoms with Crippen molar-refractivity contribution in [1.82, 2.24) is 5.32 Å². The Kier molecular flexibility index (Phi) is 4.60. The first-order valence-electron chi connectivity index (χ1n) is 8.17. The Morgan fingerprint density at radius 1 is 1.22 bits per heavy atom. The average Bonchev–Trinajstić information content (AvgIpc) is 2.55. The SMILES string of the molecule is CN(C)c1cc[n+](CC(=O)N[C@@H]2CCCc3ccccc32)cc1. The number of nitrogens with zero attached hydrogens (tertiary/aromatic N) is 2. The summed E-state index contributed by atoms with van der Waals surface area (Å²) in [5.41, 5.74) is 3.77. The third-order valence-corrected chi connectivity index (χ3v) is 4.42. The van der Waals surface area contributed by atoms with Crippen LogP contribution in [-0.2, 0) is 17.8 Å². The second-order valence-corrected chi connectivity index (χ2v) is 6.33. The zero-order valence-electron chi connectivity index (χ0n) is 13.8. The highest BCUT2D eigenvalue weighted by atomic mass is 16.2. The summed E-state index contributed by atoms with van der Waals surface area (Å²) in [6, 6.07) is 12.6. The quantitative estimate of drug-likeness (QED) is 0.879. The molecule has 4 heteroatoms. The molecular formula is C19H24N3O+. The first-order valence-corrected chi connectivity index (χ1v) is 8.17. The summed E-state index contributed by atoms with van der Waals surface area (Å²) in [6.07, 6.45) is 7.16. The number of carbonyl (C=O) groups is 1. The van der Waals surface area contributed by atoms with Gasteiger partial charge in [0.15, 0.2) is 12.4 Å². The van der Waals surface area contributed by atoms with E-state index in [9.17, 15) is 4.79 Å². The number of hydrogen-bond acceptors (Lipinski definition) is 2. The van der Waals surface area contributed by atoms with E-state index in [1.807, 2.05) is 48.1 Å². The van der Waals surface area contributed by atoms with Crippen LogP contribution in [0.4, 0.5) is 5.69 Å². The number of rotatable bonds is 4. The molecule has 1 aliphatic rings. The van der Waals surface area contributed by atoms with Crippen molar-refractivity contribution in [1.29, 1.82) is 0 Å². The van der Waals surface area contributed by atoms with Crippen LogP contribution in [0.15, 0.2) is 48.8 Å². The molecule has 2 aromatic rings. The topological polar surface area (TPSA) is 36.2 Å². The zero-order chi connectivity index (χ0) is 16.2. The summed E-state index contributed by atoms with van der Waals surface area (Å²) in [7, 11) is 4.01. The normalized spacial score (nSPS) is 16.5. The maximum absolute atomic E-state index is 12.4. The Morgan fingerprint density at radius 3 is 2.70 bits per heavy atom. The molecule has 0 saturated heterocycles. The van der Waals surface area contributed by atoms with Crippen LogP contribution in [0.25, 0.3) is 0 Å². The third-order valence-electron chi connectivity index (χ3n) is 4.42. The molecule has 1 atom stereocenters. The smallest absolute Gasteiger partial charge is 0.286 e. The van der Waals surface area contributed by atoms with E-state index < -0.39 is 0 Å². The van der Waals surface area contributed by atoms with Gasteiger partial charge < -0.3 is 10.2 Å². The molecule has 23 heavy (non-hydrogen) atoms. The van der Waals surface area contributed by atoms with Crippen molar-refractivity contribution in [2.24, 2.45) is 0 Å². The molecule has 3 rings (SSSR count). The van der Waals surface area contributed by atoms with Gasteiger partial charge in [0.2, 0.25) is 6.54 Å². The highest BCUT2D eigenvalue weighted by Gasteiger charge is 2.22. The fraction of sp³-hybridized carbons (Fsp3) is 0.368. The van der Waals surface area contributed by atoms with Crippen LogP contribution in [0.1, 0.15) is 30.0 Å². The van der Waals surface area contributed by atoms with Crippen LogP contribution >= 0.6 is 0 Å². The van der Waals surface area contributed by atoms with Gasteiger partial charge in [0.1, 0.15) is 0 Å². The van der Waals surface area contributed by atoms with Crippen molar-refractivity contribution >= 4 is 11.6 Å². The van der Waals surface area contributed by atoms with E-state index in [0.29, 0.717) is 6.54 Å². The first kappa shape index (κ1) is 15.5. The monoisotopic (exact) mass is 310 g/mol. The lowest BCUT2D eigenvalue weighted by molar-refractivity contribution is -0.684.